The van der Waals surface area contributed by atoms with Crippen molar-refractivity contribution in [1.29, 1.82) is 0 Å². The minimum absolute atomic E-state index is 0.157. The summed E-state index contributed by atoms with van der Waals surface area (Å²) < 4.78 is 11.5. The van der Waals surface area contributed by atoms with Gasteiger partial charge in [-0.05, 0) is 17.2 Å². The summed E-state index contributed by atoms with van der Waals surface area (Å²) >= 11 is 0. The van der Waals surface area contributed by atoms with Gasteiger partial charge in [0.2, 0.25) is 0 Å². The maximum atomic E-state index is 5.75. The highest BCUT2D eigenvalue weighted by molar-refractivity contribution is 6.45. The van der Waals surface area contributed by atoms with Gasteiger partial charge in [0.25, 0.3) is 0 Å². The lowest BCUT2D eigenvalue weighted by Gasteiger charge is -2.24. The van der Waals surface area contributed by atoms with Gasteiger partial charge in [0, 0.05) is 13.2 Å². The Balaban J connectivity index is 4.02. The molecule has 0 aromatic carbocycles. The Kier molecular flexibility index (Phi) is 6.35. The third-order valence-corrected chi connectivity index (χ3v) is 1.76. The number of hydrogen-bond donors (Lipinski definition) is 0. The van der Waals surface area contributed by atoms with Gasteiger partial charge in [-0.3, -0.25) is 0 Å². The van der Waals surface area contributed by atoms with Crippen molar-refractivity contribution >= 4 is 7.12 Å². The zero-order valence-electron chi connectivity index (χ0n) is 11.8. The van der Waals surface area contributed by atoms with E-state index in [1.165, 1.54) is 0 Å². The quantitative estimate of drug-likeness (QED) is 0.506. The molecule has 0 aromatic rings. The lowest BCUT2D eigenvalue weighted by atomic mass is 9.83. The third-order valence-electron chi connectivity index (χ3n) is 1.76. The van der Waals surface area contributed by atoms with E-state index in [-0.39, 0.29) is 17.9 Å². The first-order valence-corrected chi connectivity index (χ1v) is 5.98. The van der Waals surface area contributed by atoms with Crippen molar-refractivity contribution in [2.45, 2.75) is 47.9 Å². The van der Waals surface area contributed by atoms with Crippen LogP contribution in [0.5, 0.6) is 0 Å². The molecule has 0 atom stereocenters. The molecule has 0 rings (SSSR count). The summed E-state index contributed by atoms with van der Waals surface area (Å²) in [6.45, 7) is 18.1. The SMILES string of the molecule is C=CCB(OCC(C)(C)C)OCC(C)(C)C. The van der Waals surface area contributed by atoms with E-state index in [0.717, 1.165) is 6.32 Å². The maximum absolute atomic E-state index is 5.75. The van der Waals surface area contributed by atoms with Crippen molar-refractivity contribution < 1.29 is 9.31 Å². The van der Waals surface area contributed by atoms with E-state index in [1.54, 1.807) is 0 Å². The molecule has 2 nitrogen and oxygen atoms in total. The van der Waals surface area contributed by atoms with Crippen LogP contribution in [0.1, 0.15) is 41.5 Å². The fourth-order valence-electron chi connectivity index (χ4n) is 1.01. The molecule has 94 valence electrons. The molecule has 3 heteroatoms. The predicted molar refractivity (Wildman–Crippen MR) is 71.6 cm³/mol. The number of allylic oxidation sites excluding steroid dienone is 1. The van der Waals surface area contributed by atoms with Gasteiger partial charge in [0.1, 0.15) is 0 Å². The van der Waals surface area contributed by atoms with Crippen molar-refractivity contribution in [1.82, 2.24) is 0 Å². The van der Waals surface area contributed by atoms with Gasteiger partial charge >= 0.3 is 7.12 Å². The summed E-state index contributed by atoms with van der Waals surface area (Å²) in [5.41, 5.74) is 0.342. The van der Waals surface area contributed by atoms with Gasteiger partial charge in [0.15, 0.2) is 0 Å². The molecule has 0 fully saturated rings. The fraction of sp³-hybridized carbons (Fsp3) is 0.846. The van der Waals surface area contributed by atoms with Crippen LogP contribution in [0.4, 0.5) is 0 Å². The molecule has 0 aromatic heterocycles. The largest absolute Gasteiger partial charge is 0.460 e. The lowest BCUT2D eigenvalue weighted by molar-refractivity contribution is 0.114. The van der Waals surface area contributed by atoms with Gasteiger partial charge in [0.05, 0.1) is 0 Å². The van der Waals surface area contributed by atoms with E-state index in [9.17, 15) is 0 Å². The van der Waals surface area contributed by atoms with Crippen molar-refractivity contribution in [2.75, 3.05) is 13.2 Å². The lowest BCUT2D eigenvalue weighted by Crippen LogP contribution is -2.30. The average Bonchev–Trinajstić information content (AvgIpc) is 2.07. The summed E-state index contributed by atoms with van der Waals surface area (Å²) in [5.74, 6) is 0. The Labute approximate surface area is 102 Å². The van der Waals surface area contributed by atoms with E-state index < -0.39 is 0 Å². The fourth-order valence-corrected chi connectivity index (χ4v) is 1.01. The first kappa shape index (κ1) is 15.7. The van der Waals surface area contributed by atoms with Crippen LogP contribution in [0.2, 0.25) is 6.32 Å². The Morgan fingerprint density at radius 3 is 1.56 bits per heavy atom. The van der Waals surface area contributed by atoms with Gasteiger partial charge in [-0.1, -0.05) is 47.6 Å². The molecule has 0 radical (unpaired) electrons. The molecule has 0 unspecified atom stereocenters. The van der Waals surface area contributed by atoms with Crippen LogP contribution in [0.25, 0.3) is 0 Å². The third kappa shape index (κ3) is 10.2. The highest BCUT2D eigenvalue weighted by Gasteiger charge is 2.22. The Morgan fingerprint density at radius 1 is 0.938 bits per heavy atom. The van der Waals surface area contributed by atoms with E-state index in [1.807, 2.05) is 6.08 Å². The number of rotatable bonds is 6. The summed E-state index contributed by atoms with van der Waals surface area (Å²) in [4.78, 5) is 0. The van der Waals surface area contributed by atoms with Gasteiger partial charge in [-0.25, -0.2) is 0 Å². The van der Waals surface area contributed by atoms with Crippen LogP contribution >= 0.6 is 0 Å². The Hall–Kier alpha value is -0.275. The van der Waals surface area contributed by atoms with Crippen molar-refractivity contribution in [3.63, 3.8) is 0 Å². The van der Waals surface area contributed by atoms with Crippen molar-refractivity contribution in [2.24, 2.45) is 10.8 Å². The molecule has 0 saturated carbocycles. The average molecular weight is 226 g/mol. The van der Waals surface area contributed by atoms with Crippen LogP contribution in [0.15, 0.2) is 12.7 Å². The van der Waals surface area contributed by atoms with Gasteiger partial charge in [-0.15, -0.1) is 6.58 Å². The first-order chi connectivity index (χ1) is 7.14. The molecule has 0 N–H and O–H groups in total. The summed E-state index contributed by atoms with van der Waals surface area (Å²) in [5, 5.41) is 0. The summed E-state index contributed by atoms with van der Waals surface area (Å²) in [6.07, 6.45) is 2.59. The highest BCUT2D eigenvalue weighted by atomic mass is 16.6. The molecule has 0 aliphatic rings. The second-order valence-electron chi connectivity index (χ2n) is 6.70. The monoisotopic (exact) mass is 226 g/mol. The molecule has 0 heterocycles. The molecule has 0 bridgehead atoms. The first-order valence-electron chi connectivity index (χ1n) is 5.98. The molecular weight excluding hydrogens is 199 g/mol. The summed E-state index contributed by atoms with van der Waals surface area (Å²) in [7, 11) is -0.157. The predicted octanol–water partition coefficient (Wildman–Crippen LogP) is 3.79. The topological polar surface area (TPSA) is 18.5 Å². The maximum Gasteiger partial charge on any atom is 0.460 e. The molecule has 0 aliphatic heterocycles. The molecule has 0 saturated heterocycles. The number of hydrogen-bond acceptors (Lipinski definition) is 2. The highest BCUT2D eigenvalue weighted by Crippen LogP contribution is 2.17. The van der Waals surface area contributed by atoms with Crippen LogP contribution in [-0.2, 0) is 9.31 Å². The van der Waals surface area contributed by atoms with Crippen LogP contribution in [0.3, 0.4) is 0 Å². The molecule has 0 spiro atoms. The zero-order valence-corrected chi connectivity index (χ0v) is 11.8. The van der Waals surface area contributed by atoms with Gasteiger partial charge < -0.3 is 9.31 Å². The van der Waals surface area contributed by atoms with E-state index in [4.69, 9.17) is 9.31 Å². The Morgan fingerprint density at radius 2 is 1.31 bits per heavy atom. The van der Waals surface area contributed by atoms with E-state index in [2.05, 4.69) is 48.1 Å². The zero-order chi connectivity index (χ0) is 12.8. The van der Waals surface area contributed by atoms with Crippen LogP contribution in [-0.4, -0.2) is 20.3 Å². The Bertz CT molecular complexity index is 183. The van der Waals surface area contributed by atoms with Crippen molar-refractivity contribution in [3.05, 3.63) is 12.7 Å². The van der Waals surface area contributed by atoms with Crippen LogP contribution < -0.4 is 0 Å². The smallest absolute Gasteiger partial charge is 0.410 e. The molecule has 0 amide bonds. The standard InChI is InChI=1S/C13H27BO2/c1-8-9-14(15-10-12(2,3)4)16-11-13(5,6)7/h8H,1,9-11H2,2-7H3. The normalized spacial score (nSPS) is 12.6. The van der Waals surface area contributed by atoms with Crippen LogP contribution in [0, 0.1) is 10.8 Å². The second-order valence-corrected chi connectivity index (χ2v) is 6.70. The van der Waals surface area contributed by atoms with E-state index in [0.29, 0.717) is 13.2 Å². The minimum atomic E-state index is -0.157. The molecule has 0 aliphatic carbocycles. The molecular formula is C13H27BO2. The molecule has 16 heavy (non-hydrogen) atoms. The van der Waals surface area contributed by atoms with Crippen molar-refractivity contribution in [3.8, 4) is 0 Å². The minimum Gasteiger partial charge on any atom is -0.410 e. The van der Waals surface area contributed by atoms with E-state index >= 15 is 0 Å². The van der Waals surface area contributed by atoms with Gasteiger partial charge in [-0.2, -0.15) is 0 Å². The second kappa shape index (κ2) is 6.46. The summed E-state index contributed by atoms with van der Waals surface area (Å²) in [6, 6.07) is 0.